The molecule has 0 aromatic rings. The second kappa shape index (κ2) is 20.2. The summed E-state index contributed by atoms with van der Waals surface area (Å²) in [4.78, 5) is 11.7. The van der Waals surface area contributed by atoms with E-state index in [1.165, 1.54) is 83.5 Å². The first-order chi connectivity index (χ1) is 13.0. The minimum Gasteiger partial charge on any atom is -0.466 e. The number of esters is 1. The van der Waals surface area contributed by atoms with Crippen LogP contribution in [0.15, 0.2) is 0 Å². The molecule has 0 aromatic carbocycles. The highest BCUT2D eigenvalue weighted by molar-refractivity contribution is 5.69. The highest BCUT2D eigenvalue weighted by Gasteiger charge is 2.03. The van der Waals surface area contributed by atoms with Gasteiger partial charge in [-0.2, -0.15) is 0 Å². The van der Waals surface area contributed by atoms with Crippen LogP contribution in [0.3, 0.4) is 0 Å². The van der Waals surface area contributed by atoms with Crippen molar-refractivity contribution in [1.82, 2.24) is 0 Å². The van der Waals surface area contributed by atoms with Gasteiger partial charge in [0.2, 0.25) is 0 Å². The van der Waals surface area contributed by atoms with Gasteiger partial charge >= 0.3 is 5.97 Å². The molecule has 0 spiro atoms. The fraction of sp³-hybridized carbons (Fsp3) is 0.960. The molecule has 0 rings (SSSR count). The van der Waals surface area contributed by atoms with Gasteiger partial charge in [-0.05, 0) is 24.7 Å². The molecule has 0 amide bonds. The summed E-state index contributed by atoms with van der Waals surface area (Å²) in [6.07, 6.45) is 21.4. The zero-order valence-corrected chi connectivity index (χ0v) is 19.2. The molecule has 162 valence electrons. The van der Waals surface area contributed by atoms with Crippen LogP contribution in [-0.2, 0) is 9.53 Å². The summed E-state index contributed by atoms with van der Waals surface area (Å²) in [6.45, 7) is 9.77. The summed E-state index contributed by atoms with van der Waals surface area (Å²) in [5, 5.41) is 0. The van der Waals surface area contributed by atoms with E-state index in [1.54, 1.807) is 0 Å². The maximum absolute atomic E-state index is 11.7. The molecule has 0 N–H and O–H groups in total. The summed E-state index contributed by atoms with van der Waals surface area (Å²) >= 11 is 0. The summed E-state index contributed by atoms with van der Waals surface area (Å²) in [6, 6.07) is 0. The van der Waals surface area contributed by atoms with Gasteiger partial charge in [-0.25, -0.2) is 0 Å². The van der Waals surface area contributed by atoms with Gasteiger partial charge in [-0.15, -0.1) is 0 Å². The lowest BCUT2D eigenvalue weighted by Crippen LogP contribution is -2.05. The molecule has 2 nitrogen and oxygen atoms in total. The van der Waals surface area contributed by atoms with Crippen LogP contribution in [0.1, 0.15) is 137 Å². The topological polar surface area (TPSA) is 26.3 Å². The average Bonchev–Trinajstić information content (AvgIpc) is 2.61. The number of unbranched alkanes of at least 4 members (excludes halogenated alkanes) is 12. The van der Waals surface area contributed by atoms with Crippen LogP contribution in [0, 0.1) is 11.8 Å². The van der Waals surface area contributed by atoms with Crippen molar-refractivity contribution in [3.05, 3.63) is 0 Å². The van der Waals surface area contributed by atoms with Gasteiger partial charge in [0.05, 0.1) is 6.61 Å². The highest BCUT2D eigenvalue weighted by Crippen LogP contribution is 2.14. The maximum Gasteiger partial charge on any atom is 0.305 e. The third-order valence-electron chi connectivity index (χ3n) is 5.35. The first-order valence-corrected chi connectivity index (χ1v) is 12.2. The Hall–Kier alpha value is -0.530. The SMILES string of the molecule is CC(C)CCCCCCCCCCCCCOC(=O)CCCCCC(C)C. The molecule has 0 aliphatic rings. The molecule has 0 bridgehead atoms. The van der Waals surface area contributed by atoms with Gasteiger partial charge in [0.15, 0.2) is 0 Å². The Kier molecular flexibility index (Phi) is 19.8. The van der Waals surface area contributed by atoms with Gasteiger partial charge in [0.1, 0.15) is 0 Å². The van der Waals surface area contributed by atoms with E-state index in [0.29, 0.717) is 13.0 Å². The minimum absolute atomic E-state index is 0.00735. The molecular formula is C25H50O2. The lowest BCUT2D eigenvalue weighted by atomic mass is 10.0. The summed E-state index contributed by atoms with van der Waals surface area (Å²) in [7, 11) is 0. The van der Waals surface area contributed by atoms with E-state index in [9.17, 15) is 4.79 Å². The van der Waals surface area contributed by atoms with Gasteiger partial charge in [-0.1, -0.05) is 118 Å². The van der Waals surface area contributed by atoms with Crippen LogP contribution in [0.5, 0.6) is 0 Å². The first kappa shape index (κ1) is 26.5. The minimum atomic E-state index is 0.00735. The Morgan fingerprint density at radius 3 is 1.37 bits per heavy atom. The molecule has 0 heterocycles. The number of ether oxygens (including phenoxy) is 1. The largest absolute Gasteiger partial charge is 0.466 e. The van der Waals surface area contributed by atoms with Gasteiger partial charge in [0, 0.05) is 6.42 Å². The Bertz CT molecular complexity index is 309. The normalized spacial score (nSPS) is 11.5. The van der Waals surface area contributed by atoms with Crippen molar-refractivity contribution < 1.29 is 9.53 Å². The van der Waals surface area contributed by atoms with Crippen LogP contribution in [0.25, 0.3) is 0 Å². The molecule has 0 saturated heterocycles. The second-order valence-corrected chi connectivity index (χ2v) is 9.29. The molecule has 0 aliphatic carbocycles. The van der Waals surface area contributed by atoms with E-state index in [2.05, 4.69) is 27.7 Å². The molecular weight excluding hydrogens is 332 g/mol. The molecule has 0 radical (unpaired) electrons. The van der Waals surface area contributed by atoms with Crippen LogP contribution in [0.2, 0.25) is 0 Å². The molecule has 0 atom stereocenters. The number of carbonyl (C=O) groups excluding carboxylic acids is 1. The summed E-state index contributed by atoms with van der Waals surface area (Å²) in [5.41, 5.74) is 0. The maximum atomic E-state index is 11.7. The van der Waals surface area contributed by atoms with E-state index in [-0.39, 0.29) is 5.97 Å². The average molecular weight is 383 g/mol. The highest BCUT2D eigenvalue weighted by atomic mass is 16.5. The number of hydrogen-bond acceptors (Lipinski definition) is 2. The number of hydrogen-bond donors (Lipinski definition) is 0. The quantitative estimate of drug-likeness (QED) is 0.156. The molecule has 0 saturated carbocycles. The van der Waals surface area contributed by atoms with Crippen molar-refractivity contribution >= 4 is 5.97 Å². The predicted molar refractivity (Wildman–Crippen MR) is 119 cm³/mol. The molecule has 0 aromatic heterocycles. The van der Waals surface area contributed by atoms with E-state index >= 15 is 0 Å². The van der Waals surface area contributed by atoms with Crippen LogP contribution < -0.4 is 0 Å². The Morgan fingerprint density at radius 2 is 0.926 bits per heavy atom. The summed E-state index contributed by atoms with van der Waals surface area (Å²) in [5.74, 6) is 1.65. The number of carbonyl (C=O) groups is 1. The number of rotatable bonds is 20. The fourth-order valence-corrected chi connectivity index (χ4v) is 3.50. The molecule has 0 aliphatic heterocycles. The molecule has 0 fully saturated rings. The van der Waals surface area contributed by atoms with Crippen LogP contribution >= 0.6 is 0 Å². The lowest BCUT2D eigenvalue weighted by molar-refractivity contribution is -0.143. The standard InChI is InChI=1S/C25H50O2/c1-23(2)19-15-12-10-8-6-5-7-9-11-13-18-22-27-25(26)21-17-14-16-20-24(3)4/h23-24H,5-22H2,1-4H3. The molecule has 27 heavy (non-hydrogen) atoms. The first-order valence-electron chi connectivity index (χ1n) is 12.2. The zero-order chi connectivity index (χ0) is 20.2. The van der Waals surface area contributed by atoms with E-state index in [4.69, 9.17) is 4.74 Å². The lowest BCUT2D eigenvalue weighted by Gasteiger charge is -2.06. The van der Waals surface area contributed by atoms with Crippen LogP contribution in [0.4, 0.5) is 0 Å². The van der Waals surface area contributed by atoms with Crippen molar-refractivity contribution in [2.75, 3.05) is 6.61 Å². The van der Waals surface area contributed by atoms with E-state index < -0.39 is 0 Å². The summed E-state index contributed by atoms with van der Waals surface area (Å²) < 4.78 is 5.34. The smallest absolute Gasteiger partial charge is 0.305 e. The Labute approximate surface area is 171 Å². The molecule has 0 unspecified atom stereocenters. The van der Waals surface area contributed by atoms with Crippen molar-refractivity contribution in [1.29, 1.82) is 0 Å². The van der Waals surface area contributed by atoms with Gasteiger partial charge in [0.25, 0.3) is 0 Å². The fourth-order valence-electron chi connectivity index (χ4n) is 3.50. The molecule has 2 heteroatoms. The predicted octanol–water partition coefficient (Wildman–Crippen LogP) is 8.47. The van der Waals surface area contributed by atoms with Crippen molar-refractivity contribution in [2.45, 2.75) is 137 Å². The monoisotopic (exact) mass is 382 g/mol. The van der Waals surface area contributed by atoms with Gasteiger partial charge in [-0.3, -0.25) is 4.79 Å². The van der Waals surface area contributed by atoms with Crippen LogP contribution in [-0.4, -0.2) is 12.6 Å². The Balaban J connectivity index is 3.14. The third-order valence-corrected chi connectivity index (χ3v) is 5.35. The Morgan fingerprint density at radius 1 is 0.556 bits per heavy atom. The zero-order valence-electron chi connectivity index (χ0n) is 19.2. The van der Waals surface area contributed by atoms with Crippen molar-refractivity contribution in [3.8, 4) is 0 Å². The van der Waals surface area contributed by atoms with E-state index in [0.717, 1.165) is 31.1 Å². The van der Waals surface area contributed by atoms with Crippen molar-refractivity contribution in [3.63, 3.8) is 0 Å². The van der Waals surface area contributed by atoms with Crippen molar-refractivity contribution in [2.24, 2.45) is 11.8 Å². The third kappa shape index (κ3) is 23.4. The van der Waals surface area contributed by atoms with E-state index in [1.807, 2.05) is 0 Å². The van der Waals surface area contributed by atoms with Gasteiger partial charge < -0.3 is 4.74 Å². The second-order valence-electron chi connectivity index (χ2n) is 9.29.